The van der Waals surface area contributed by atoms with Gasteiger partial charge >= 0.3 is 0 Å². The Morgan fingerprint density at radius 3 is 2.76 bits per heavy atom. The molecular formula is C16H20N2O3. The van der Waals surface area contributed by atoms with Gasteiger partial charge in [-0.05, 0) is 49.4 Å². The smallest absolute Gasteiger partial charge is 0.277 e. The van der Waals surface area contributed by atoms with E-state index in [4.69, 9.17) is 9.47 Å². The number of nitrogens with one attached hydrogen (secondary N) is 1. The fourth-order valence-electron chi connectivity index (χ4n) is 2.02. The van der Waals surface area contributed by atoms with Crippen LogP contribution in [0.2, 0.25) is 0 Å². The van der Waals surface area contributed by atoms with E-state index in [0.717, 1.165) is 25.0 Å². The van der Waals surface area contributed by atoms with Crippen LogP contribution in [0, 0.1) is 5.92 Å². The number of rotatable bonds is 6. The largest absolute Gasteiger partial charge is 0.497 e. The van der Waals surface area contributed by atoms with Crippen molar-refractivity contribution in [2.45, 2.75) is 19.3 Å². The number of methoxy groups -OCH3 is 1. The third-order valence-electron chi connectivity index (χ3n) is 3.21. The Bertz CT molecular complexity index is 509. The van der Waals surface area contributed by atoms with Crippen molar-refractivity contribution in [1.82, 2.24) is 5.43 Å². The monoisotopic (exact) mass is 288 g/mol. The molecule has 0 radical (unpaired) electrons. The average molecular weight is 288 g/mol. The minimum Gasteiger partial charge on any atom is -0.497 e. The topological polar surface area (TPSA) is 59.9 Å². The highest BCUT2D eigenvalue weighted by Crippen LogP contribution is 2.17. The Hall–Kier alpha value is -2.30. The van der Waals surface area contributed by atoms with Crippen molar-refractivity contribution in [3.05, 3.63) is 36.4 Å². The Morgan fingerprint density at radius 2 is 2.10 bits per heavy atom. The molecule has 1 N–H and O–H groups in total. The van der Waals surface area contributed by atoms with Crippen LogP contribution in [-0.2, 0) is 4.79 Å². The molecule has 1 aliphatic carbocycles. The summed E-state index contributed by atoms with van der Waals surface area (Å²) < 4.78 is 10.4. The second-order valence-corrected chi connectivity index (χ2v) is 4.82. The number of amides is 1. The van der Waals surface area contributed by atoms with Gasteiger partial charge in [0.05, 0.1) is 7.11 Å². The maximum atomic E-state index is 11.6. The highest BCUT2D eigenvalue weighted by molar-refractivity contribution is 5.78. The molecule has 21 heavy (non-hydrogen) atoms. The number of hydrogen-bond donors (Lipinski definition) is 1. The molecule has 5 nitrogen and oxygen atoms in total. The van der Waals surface area contributed by atoms with Crippen molar-refractivity contribution in [2.75, 3.05) is 13.7 Å². The molecule has 0 bridgehead atoms. The second kappa shape index (κ2) is 8.09. The van der Waals surface area contributed by atoms with Crippen molar-refractivity contribution in [3.63, 3.8) is 0 Å². The molecule has 1 atom stereocenters. The van der Waals surface area contributed by atoms with E-state index in [1.54, 1.807) is 37.6 Å². The normalized spacial score (nSPS) is 17.7. The van der Waals surface area contributed by atoms with E-state index in [-0.39, 0.29) is 12.5 Å². The first-order valence-corrected chi connectivity index (χ1v) is 7.02. The van der Waals surface area contributed by atoms with Gasteiger partial charge in [-0.25, -0.2) is 5.43 Å². The van der Waals surface area contributed by atoms with Crippen LogP contribution in [0.4, 0.5) is 0 Å². The molecule has 1 aliphatic rings. The van der Waals surface area contributed by atoms with Crippen LogP contribution in [0.3, 0.4) is 0 Å². The number of ether oxygens (including phenoxy) is 2. The summed E-state index contributed by atoms with van der Waals surface area (Å²) in [6.45, 7) is -0.0613. The summed E-state index contributed by atoms with van der Waals surface area (Å²) in [7, 11) is 1.60. The molecule has 0 saturated carbocycles. The first-order chi connectivity index (χ1) is 10.3. The fourth-order valence-corrected chi connectivity index (χ4v) is 2.02. The molecule has 0 fully saturated rings. The standard InChI is InChI=1S/C16H20N2O3/c1-20-14-7-9-15(10-8-14)21-12-16(19)18-17-11-13-5-3-2-4-6-13/h2-3,7-11,13H,4-6,12H2,1H3,(H,18,19)/b17-11-/t13-/m0/s1. The maximum absolute atomic E-state index is 11.6. The molecule has 1 aromatic carbocycles. The van der Waals surface area contributed by atoms with E-state index in [1.807, 2.05) is 0 Å². The lowest BCUT2D eigenvalue weighted by atomic mass is 9.96. The predicted molar refractivity (Wildman–Crippen MR) is 81.6 cm³/mol. The van der Waals surface area contributed by atoms with Gasteiger partial charge < -0.3 is 9.47 Å². The summed E-state index contributed by atoms with van der Waals surface area (Å²) in [5, 5.41) is 3.98. The number of nitrogens with zero attached hydrogens (tertiary/aromatic N) is 1. The zero-order chi connectivity index (χ0) is 14.9. The zero-order valence-electron chi connectivity index (χ0n) is 12.1. The molecule has 5 heteroatoms. The lowest BCUT2D eigenvalue weighted by molar-refractivity contribution is -0.123. The summed E-state index contributed by atoms with van der Waals surface area (Å²) in [5.74, 6) is 1.51. The fraction of sp³-hybridized carbons (Fsp3) is 0.375. The van der Waals surface area contributed by atoms with Crippen molar-refractivity contribution >= 4 is 12.1 Å². The average Bonchev–Trinajstić information content (AvgIpc) is 2.54. The van der Waals surface area contributed by atoms with E-state index < -0.39 is 0 Å². The van der Waals surface area contributed by atoms with Crippen LogP contribution in [0.15, 0.2) is 41.5 Å². The maximum Gasteiger partial charge on any atom is 0.277 e. The summed E-state index contributed by atoms with van der Waals surface area (Å²) in [6, 6.07) is 7.07. The van der Waals surface area contributed by atoms with Crippen LogP contribution in [0.5, 0.6) is 11.5 Å². The van der Waals surface area contributed by atoms with E-state index >= 15 is 0 Å². The number of carbonyl (C=O) groups excluding carboxylic acids is 1. The molecule has 0 heterocycles. The van der Waals surface area contributed by atoms with Gasteiger partial charge in [0.25, 0.3) is 5.91 Å². The zero-order valence-corrected chi connectivity index (χ0v) is 12.1. The van der Waals surface area contributed by atoms with Crippen molar-refractivity contribution in [2.24, 2.45) is 11.0 Å². The first-order valence-electron chi connectivity index (χ1n) is 7.02. The Balaban J connectivity index is 1.69. The molecule has 0 aliphatic heterocycles. The summed E-state index contributed by atoms with van der Waals surface area (Å²) in [6.07, 6.45) is 9.26. The SMILES string of the molecule is COc1ccc(OCC(=O)N/N=C\[C@H]2CC=CCC2)cc1. The predicted octanol–water partition coefficient (Wildman–Crippen LogP) is 2.53. The van der Waals surface area contributed by atoms with Crippen molar-refractivity contribution in [1.29, 1.82) is 0 Å². The number of allylic oxidation sites excluding steroid dienone is 2. The number of benzene rings is 1. The quantitative estimate of drug-likeness (QED) is 0.497. The lowest BCUT2D eigenvalue weighted by Crippen LogP contribution is -2.25. The molecule has 0 unspecified atom stereocenters. The molecule has 1 amide bonds. The minimum atomic E-state index is -0.270. The van der Waals surface area contributed by atoms with E-state index in [1.165, 1.54) is 0 Å². The van der Waals surface area contributed by atoms with E-state index in [9.17, 15) is 4.79 Å². The van der Waals surface area contributed by atoms with Gasteiger partial charge in [0.2, 0.25) is 0 Å². The van der Waals surface area contributed by atoms with Crippen molar-refractivity contribution < 1.29 is 14.3 Å². The van der Waals surface area contributed by atoms with Gasteiger partial charge in [-0.1, -0.05) is 12.2 Å². The first kappa shape index (κ1) is 15.1. The summed E-state index contributed by atoms with van der Waals surface area (Å²) >= 11 is 0. The van der Waals surface area contributed by atoms with E-state index in [0.29, 0.717) is 11.7 Å². The number of hydrazone groups is 1. The summed E-state index contributed by atoms with van der Waals surface area (Å²) in [5.41, 5.74) is 2.48. The van der Waals surface area contributed by atoms with Crippen LogP contribution in [0.1, 0.15) is 19.3 Å². The highest BCUT2D eigenvalue weighted by atomic mass is 16.5. The molecule has 0 spiro atoms. The van der Waals surface area contributed by atoms with Crippen LogP contribution < -0.4 is 14.9 Å². The molecule has 2 rings (SSSR count). The molecule has 0 saturated heterocycles. The second-order valence-electron chi connectivity index (χ2n) is 4.82. The third kappa shape index (κ3) is 5.30. The molecule has 112 valence electrons. The molecule has 0 aromatic heterocycles. The van der Waals surface area contributed by atoms with Crippen molar-refractivity contribution in [3.8, 4) is 11.5 Å². The van der Waals surface area contributed by atoms with Gasteiger partial charge in [-0.2, -0.15) is 5.10 Å². The van der Waals surface area contributed by atoms with E-state index in [2.05, 4.69) is 22.7 Å². The van der Waals surface area contributed by atoms with Gasteiger partial charge in [0.15, 0.2) is 6.61 Å². The Labute approximate surface area is 124 Å². The number of carbonyl (C=O) groups is 1. The van der Waals surface area contributed by atoms with Crippen LogP contribution in [0.25, 0.3) is 0 Å². The number of hydrogen-bond acceptors (Lipinski definition) is 4. The Kier molecular flexibility index (Phi) is 5.82. The highest BCUT2D eigenvalue weighted by Gasteiger charge is 2.07. The van der Waals surface area contributed by atoms with Gasteiger partial charge in [0.1, 0.15) is 11.5 Å². The van der Waals surface area contributed by atoms with Crippen LogP contribution in [-0.4, -0.2) is 25.8 Å². The third-order valence-corrected chi connectivity index (χ3v) is 3.21. The summed E-state index contributed by atoms with van der Waals surface area (Å²) in [4.78, 5) is 11.6. The lowest BCUT2D eigenvalue weighted by Gasteiger charge is -2.11. The van der Waals surface area contributed by atoms with Gasteiger partial charge in [-0.15, -0.1) is 0 Å². The molecular weight excluding hydrogens is 268 g/mol. The minimum absolute atomic E-state index is 0.0613. The van der Waals surface area contributed by atoms with Gasteiger partial charge in [0, 0.05) is 6.21 Å². The molecule has 1 aromatic rings. The van der Waals surface area contributed by atoms with Crippen LogP contribution >= 0.6 is 0 Å². The van der Waals surface area contributed by atoms with Gasteiger partial charge in [-0.3, -0.25) is 4.79 Å². The Morgan fingerprint density at radius 1 is 1.33 bits per heavy atom.